The molecule has 1 aromatic rings. The zero-order valence-electron chi connectivity index (χ0n) is 12.0. The van der Waals surface area contributed by atoms with Gasteiger partial charge in [0.05, 0.1) is 11.3 Å². The van der Waals surface area contributed by atoms with Crippen molar-refractivity contribution in [2.24, 2.45) is 0 Å². The minimum Gasteiger partial charge on any atom is -0.356 e. The fourth-order valence-corrected chi connectivity index (χ4v) is 2.36. The number of carbonyl (C=O) groups excluding carboxylic acids is 1. The standard InChI is InChI=1S/C13H18F2N2O3S.ClH/c1-16-7-2-8-17-12(18)9-10-3-5-11(6-4-10)21(19,20)13(14)15;/h3-6,13,16H,2,7-9H2,1H3,(H,17,18);1H. The predicted molar refractivity (Wildman–Crippen MR) is 82.1 cm³/mol. The van der Waals surface area contributed by atoms with E-state index in [0.29, 0.717) is 12.1 Å². The second-order valence-corrected chi connectivity index (χ2v) is 6.35. The third kappa shape index (κ3) is 6.25. The first kappa shape index (κ1) is 20.8. The number of nitrogens with one attached hydrogen (secondary N) is 2. The molecule has 0 atom stereocenters. The molecule has 9 heteroatoms. The number of sulfone groups is 1. The van der Waals surface area contributed by atoms with Crippen molar-refractivity contribution in [3.63, 3.8) is 0 Å². The van der Waals surface area contributed by atoms with E-state index in [-0.39, 0.29) is 24.7 Å². The summed E-state index contributed by atoms with van der Waals surface area (Å²) in [6, 6.07) is 4.90. The van der Waals surface area contributed by atoms with E-state index in [1.807, 2.05) is 7.05 Å². The zero-order valence-corrected chi connectivity index (χ0v) is 13.6. The van der Waals surface area contributed by atoms with E-state index in [1.54, 1.807) is 0 Å². The number of carbonyl (C=O) groups is 1. The van der Waals surface area contributed by atoms with Gasteiger partial charge in [0.2, 0.25) is 15.7 Å². The van der Waals surface area contributed by atoms with Crippen molar-refractivity contribution in [3.8, 4) is 0 Å². The van der Waals surface area contributed by atoms with E-state index in [4.69, 9.17) is 0 Å². The van der Waals surface area contributed by atoms with Gasteiger partial charge in [-0.15, -0.1) is 12.4 Å². The topological polar surface area (TPSA) is 75.3 Å². The number of hydrogen-bond donors (Lipinski definition) is 2. The van der Waals surface area contributed by atoms with Crippen LogP contribution in [-0.4, -0.2) is 40.2 Å². The lowest BCUT2D eigenvalue weighted by molar-refractivity contribution is -0.120. The first-order chi connectivity index (χ1) is 9.87. The van der Waals surface area contributed by atoms with Gasteiger partial charge in [-0.3, -0.25) is 4.79 Å². The smallest absolute Gasteiger partial charge is 0.341 e. The van der Waals surface area contributed by atoms with Crippen molar-refractivity contribution in [2.75, 3.05) is 20.1 Å². The molecule has 126 valence electrons. The summed E-state index contributed by atoms with van der Waals surface area (Å²) in [4.78, 5) is 11.1. The largest absolute Gasteiger partial charge is 0.356 e. The number of halogens is 3. The monoisotopic (exact) mass is 356 g/mol. The molecule has 5 nitrogen and oxygen atoms in total. The number of benzene rings is 1. The molecule has 0 bridgehead atoms. The van der Waals surface area contributed by atoms with Crippen LogP contribution in [0, 0.1) is 0 Å². The van der Waals surface area contributed by atoms with Crippen molar-refractivity contribution in [1.82, 2.24) is 10.6 Å². The molecule has 0 spiro atoms. The molecule has 0 aliphatic carbocycles. The first-order valence-corrected chi connectivity index (χ1v) is 7.95. The van der Waals surface area contributed by atoms with Crippen molar-refractivity contribution >= 4 is 28.2 Å². The molecule has 0 saturated carbocycles. The summed E-state index contributed by atoms with van der Waals surface area (Å²) in [6.45, 7) is 1.33. The Labute approximate surface area is 134 Å². The summed E-state index contributed by atoms with van der Waals surface area (Å²) in [5.41, 5.74) is 0.564. The Morgan fingerprint density at radius 2 is 1.77 bits per heavy atom. The van der Waals surface area contributed by atoms with Crippen LogP contribution >= 0.6 is 12.4 Å². The van der Waals surface area contributed by atoms with Crippen LogP contribution in [0.1, 0.15) is 12.0 Å². The van der Waals surface area contributed by atoms with Gasteiger partial charge >= 0.3 is 5.76 Å². The summed E-state index contributed by atoms with van der Waals surface area (Å²) in [5, 5.41) is 5.66. The van der Waals surface area contributed by atoms with E-state index >= 15 is 0 Å². The van der Waals surface area contributed by atoms with Gasteiger partial charge in [-0.1, -0.05) is 12.1 Å². The van der Waals surface area contributed by atoms with Crippen LogP contribution in [0.3, 0.4) is 0 Å². The maximum atomic E-state index is 12.4. The molecule has 2 N–H and O–H groups in total. The average molecular weight is 357 g/mol. The minimum absolute atomic E-state index is 0. The van der Waals surface area contributed by atoms with Gasteiger partial charge in [0.1, 0.15) is 0 Å². The summed E-state index contributed by atoms with van der Waals surface area (Å²) >= 11 is 0. The van der Waals surface area contributed by atoms with Crippen LogP contribution in [0.15, 0.2) is 29.2 Å². The van der Waals surface area contributed by atoms with Gasteiger partial charge in [-0.25, -0.2) is 8.42 Å². The average Bonchev–Trinajstić information content (AvgIpc) is 2.44. The summed E-state index contributed by atoms with van der Waals surface area (Å²) in [7, 11) is -2.77. The third-order valence-corrected chi connectivity index (χ3v) is 4.18. The van der Waals surface area contributed by atoms with E-state index in [0.717, 1.165) is 25.1 Å². The van der Waals surface area contributed by atoms with Crippen LogP contribution in [0.25, 0.3) is 0 Å². The Hall–Kier alpha value is -1.25. The van der Waals surface area contributed by atoms with E-state index in [9.17, 15) is 22.0 Å². The molecule has 0 saturated heterocycles. The highest BCUT2D eigenvalue weighted by atomic mass is 35.5. The van der Waals surface area contributed by atoms with Crippen LogP contribution in [0.4, 0.5) is 8.78 Å². The lowest BCUT2D eigenvalue weighted by Gasteiger charge is -2.06. The number of amides is 1. The highest BCUT2D eigenvalue weighted by Gasteiger charge is 2.26. The highest BCUT2D eigenvalue weighted by Crippen LogP contribution is 2.18. The van der Waals surface area contributed by atoms with Crippen LogP contribution in [0.5, 0.6) is 0 Å². The maximum Gasteiger partial charge on any atom is 0.341 e. The molecule has 0 fully saturated rings. The summed E-state index contributed by atoms with van der Waals surface area (Å²) in [5.74, 6) is -3.64. The zero-order chi connectivity index (χ0) is 15.9. The first-order valence-electron chi connectivity index (χ1n) is 6.40. The van der Waals surface area contributed by atoms with Crippen LogP contribution < -0.4 is 10.6 Å². The molecule has 0 radical (unpaired) electrons. The molecule has 0 aliphatic heterocycles. The van der Waals surface area contributed by atoms with Gasteiger partial charge in [0.25, 0.3) is 0 Å². The second-order valence-electron chi connectivity index (χ2n) is 4.43. The fourth-order valence-electron chi connectivity index (χ4n) is 1.64. The Balaban J connectivity index is 0.00000441. The molecule has 0 aromatic heterocycles. The van der Waals surface area contributed by atoms with Gasteiger partial charge in [0.15, 0.2) is 0 Å². The van der Waals surface area contributed by atoms with Crippen LogP contribution in [0.2, 0.25) is 0 Å². The van der Waals surface area contributed by atoms with Crippen LogP contribution in [-0.2, 0) is 21.1 Å². The molecule has 22 heavy (non-hydrogen) atoms. The highest BCUT2D eigenvalue weighted by molar-refractivity contribution is 7.91. The second kappa shape index (κ2) is 9.70. The molecule has 1 amide bonds. The van der Waals surface area contributed by atoms with E-state index in [2.05, 4.69) is 10.6 Å². The van der Waals surface area contributed by atoms with Crippen molar-refractivity contribution < 1.29 is 22.0 Å². The molecular formula is C13H19ClF2N2O3S. The normalized spacial score (nSPS) is 11.1. The van der Waals surface area contributed by atoms with Gasteiger partial charge < -0.3 is 10.6 Å². The lowest BCUT2D eigenvalue weighted by Crippen LogP contribution is -2.27. The Morgan fingerprint density at radius 1 is 1.18 bits per heavy atom. The quantitative estimate of drug-likeness (QED) is 0.690. The molecule has 1 aromatic carbocycles. The SMILES string of the molecule is CNCCCNC(=O)Cc1ccc(S(=O)(=O)C(F)F)cc1.Cl. The lowest BCUT2D eigenvalue weighted by atomic mass is 10.1. The van der Waals surface area contributed by atoms with Crippen molar-refractivity contribution in [3.05, 3.63) is 29.8 Å². The molecule has 0 aliphatic rings. The van der Waals surface area contributed by atoms with Crippen molar-refractivity contribution in [1.29, 1.82) is 0 Å². The fraction of sp³-hybridized carbons (Fsp3) is 0.462. The molecule has 0 unspecified atom stereocenters. The third-order valence-electron chi connectivity index (χ3n) is 2.78. The number of alkyl halides is 2. The van der Waals surface area contributed by atoms with Gasteiger partial charge in [0, 0.05) is 6.54 Å². The number of rotatable bonds is 8. The Morgan fingerprint density at radius 3 is 2.27 bits per heavy atom. The van der Waals surface area contributed by atoms with E-state index < -0.39 is 20.5 Å². The number of hydrogen-bond acceptors (Lipinski definition) is 4. The molecule has 1 rings (SSSR count). The predicted octanol–water partition coefficient (Wildman–Crippen LogP) is 1.37. The van der Waals surface area contributed by atoms with Crippen molar-refractivity contribution in [2.45, 2.75) is 23.5 Å². The summed E-state index contributed by atoms with van der Waals surface area (Å²) in [6.07, 6.45) is 0.877. The van der Waals surface area contributed by atoms with Gasteiger partial charge in [-0.2, -0.15) is 8.78 Å². The summed E-state index contributed by atoms with van der Waals surface area (Å²) < 4.78 is 47.2. The molecule has 0 heterocycles. The van der Waals surface area contributed by atoms with E-state index in [1.165, 1.54) is 12.1 Å². The Bertz CT molecular complexity index is 565. The Kier molecular flexibility index (Phi) is 9.15. The van der Waals surface area contributed by atoms with Gasteiger partial charge in [-0.05, 0) is 37.7 Å². The molecular weight excluding hydrogens is 338 g/mol. The maximum absolute atomic E-state index is 12.4. The minimum atomic E-state index is -4.58.